The topological polar surface area (TPSA) is 174 Å². The Bertz CT molecular complexity index is 1690. The molecule has 2 aromatic heterocycles. The van der Waals surface area contributed by atoms with Gasteiger partial charge in [0.15, 0.2) is 12.4 Å². The Morgan fingerprint density at radius 1 is 1.00 bits per heavy atom. The van der Waals surface area contributed by atoms with E-state index in [0.29, 0.717) is 36.8 Å². The average molecular weight is 718 g/mol. The van der Waals surface area contributed by atoms with Crippen LogP contribution in [0.1, 0.15) is 36.2 Å². The summed E-state index contributed by atoms with van der Waals surface area (Å²) in [5.74, 6) is -3.58. The van der Waals surface area contributed by atoms with Gasteiger partial charge in [-0.1, -0.05) is 26.0 Å². The van der Waals surface area contributed by atoms with Crippen LogP contribution in [0.15, 0.2) is 48.7 Å². The molecule has 6 heterocycles. The van der Waals surface area contributed by atoms with Crippen molar-refractivity contribution in [3.63, 3.8) is 0 Å². The molecule has 0 radical (unpaired) electrons. The van der Waals surface area contributed by atoms with Crippen LogP contribution in [0.4, 0.5) is 30.6 Å². The lowest BCUT2D eigenvalue weighted by Crippen LogP contribution is -2.44. The number of benzene rings is 1. The van der Waals surface area contributed by atoms with Crippen molar-refractivity contribution in [1.29, 1.82) is 0 Å². The van der Waals surface area contributed by atoms with Gasteiger partial charge in [0, 0.05) is 38.4 Å². The van der Waals surface area contributed by atoms with Crippen LogP contribution in [0, 0.1) is 5.41 Å². The first kappa shape index (κ1) is 38.3. The Morgan fingerprint density at radius 3 is 2.39 bits per heavy atom. The molecule has 18 heteroatoms. The van der Waals surface area contributed by atoms with Gasteiger partial charge in [0.1, 0.15) is 17.4 Å². The van der Waals surface area contributed by atoms with Crippen molar-refractivity contribution in [2.24, 2.45) is 5.41 Å². The van der Waals surface area contributed by atoms with Crippen LogP contribution in [-0.2, 0) is 30.4 Å². The smallest absolute Gasteiger partial charge is 0.422 e. The molecule has 0 spiro atoms. The number of anilines is 3. The molecule has 274 valence electrons. The number of nitrogens with one attached hydrogen (secondary N) is 2. The molecule has 2 N–H and O–H groups in total. The van der Waals surface area contributed by atoms with Gasteiger partial charge in [0.2, 0.25) is 0 Å². The standard InChI is InChI=1S/C33H38F3N7O8/c1-32(2)18-39-28(45)22-8-11-25(38-16-22)43(29(46)30(47)49-4)26-14-24(40-31(41-26)51-20-33(34,35)36)37-15-21-6-9-23(10-7-21)50-13-5-12-42(19-32)17-27(44)48-3/h6-11,14,16H,5,12-13,15,17-20H2,1-4H3,(H,39,45)(H,37,40,41). The molecule has 0 unspecified atom stereocenters. The zero-order valence-electron chi connectivity index (χ0n) is 28.4. The number of esters is 2. The Hall–Kier alpha value is -5.52. The number of aromatic nitrogens is 3. The van der Waals surface area contributed by atoms with Crippen LogP contribution >= 0.6 is 0 Å². The molecule has 4 aliphatic rings. The Balaban J connectivity index is 1.73. The summed E-state index contributed by atoms with van der Waals surface area (Å²) >= 11 is 0. The first-order chi connectivity index (χ1) is 24.2. The predicted molar refractivity (Wildman–Crippen MR) is 175 cm³/mol. The van der Waals surface area contributed by atoms with E-state index in [2.05, 4.69) is 30.3 Å². The highest BCUT2D eigenvalue weighted by Crippen LogP contribution is 2.28. The van der Waals surface area contributed by atoms with Crippen LogP contribution in [0.25, 0.3) is 0 Å². The third kappa shape index (κ3) is 11.5. The minimum Gasteiger partial charge on any atom is -0.494 e. The van der Waals surface area contributed by atoms with Gasteiger partial charge in [0.05, 0.1) is 32.9 Å². The second-order valence-corrected chi connectivity index (χ2v) is 12.2. The predicted octanol–water partition coefficient (Wildman–Crippen LogP) is 3.28. The molecule has 15 nitrogen and oxygen atoms in total. The van der Waals surface area contributed by atoms with Gasteiger partial charge in [-0.15, -0.1) is 0 Å². The number of hydrogen-bond acceptors (Lipinski definition) is 13. The van der Waals surface area contributed by atoms with Gasteiger partial charge in [-0.25, -0.2) is 14.7 Å². The lowest BCUT2D eigenvalue weighted by atomic mass is 9.92. The minimum absolute atomic E-state index is 0.0451. The highest BCUT2D eigenvalue weighted by Gasteiger charge is 2.32. The van der Waals surface area contributed by atoms with Gasteiger partial charge < -0.3 is 29.6 Å². The van der Waals surface area contributed by atoms with Gasteiger partial charge in [-0.3, -0.25) is 19.3 Å². The van der Waals surface area contributed by atoms with Crippen molar-refractivity contribution < 1.29 is 51.3 Å². The molecule has 4 aliphatic heterocycles. The molecule has 6 bridgehead atoms. The van der Waals surface area contributed by atoms with Crippen LogP contribution in [0.2, 0.25) is 0 Å². The zero-order chi connectivity index (χ0) is 37.2. The zero-order valence-corrected chi connectivity index (χ0v) is 28.4. The van der Waals surface area contributed by atoms with E-state index in [4.69, 9.17) is 14.2 Å². The molecule has 51 heavy (non-hydrogen) atoms. The summed E-state index contributed by atoms with van der Waals surface area (Å²) in [5.41, 5.74) is 0.331. The van der Waals surface area contributed by atoms with E-state index in [-0.39, 0.29) is 42.7 Å². The summed E-state index contributed by atoms with van der Waals surface area (Å²) < 4.78 is 59.3. The second-order valence-electron chi connectivity index (χ2n) is 12.2. The highest BCUT2D eigenvalue weighted by molar-refractivity contribution is 6.39. The van der Waals surface area contributed by atoms with E-state index in [9.17, 15) is 32.3 Å². The molecule has 1 aromatic carbocycles. The van der Waals surface area contributed by atoms with Crippen LogP contribution in [-0.4, -0.2) is 103 Å². The van der Waals surface area contributed by atoms with Crippen molar-refractivity contribution in [2.75, 3.05) is 63.8 Å². The van der Waals surface area contributed by atoms with Gasteiger partial charge in [0.25, 0.3) is 5.91 Å². The number of methoxy groups -OCH3 is 2. The minimum atomic E-state index is -4.73. The Morgan fingerprint density at radius 2 is 1.75 bits per heavy atom. The van der Waals surface area contributed by atoms with Crippen molar-refractivity contribution in [3.8, 4) is 11.8 Å². The Labute approximate surface area is 291 Å². The maximum atomic E-state index is 13.3. The molecular weight excluding hydrogens is 679 g/mol. The number of halogens is 3. The number of alkyl halides is 3. The monoisotopic (exact) mass is 717 g/mol. The number of carbonyl (C=O) groups excluding carboxylic acids is 4. The molecule has 0 saturated heterocycles. The fraction of sp³-hybridized carbons (Fsp3) is 0.424. The molecule has 0 aliphatic carbocycles. The summed E-state index contributed by atoms with van der Waals surface area (Å²) in [6.45, 7) is 3.79. The van der Waals surface area contributed by atoms with Gasteiger partial charge >= 0.3 is 30.0 Å². The number of hydrogen-bond donors (Lipinski definition) is 2. The number of amides is 2. The fourth-order valence-electron chi connectivity index (χ4n) is 4.90. The number of carbonyl (C=O) groups is 4. The van der Waals surface area contributed by atoms with E-state index < -0.39 is 48.0 Å². The maximum Gasteiger partial charge on any atom is 0.422 e. The number of nitrogens with zero attached hydrogens (tertiary/aromatic N) is 5. The summed E-state index contributed by atoms with van der Waals surface area (Å²) in [7, 11) is 2.29. The first-order valence-electron chi connectivity index (χ1n) is 15.7. The fourth-order valence-corrected chi connectivity index (χ4v) is 4.90. The summed E-state index contributed by atoms with van der Waals surface area (Å²) in [6.07, 6.45) is -2.99. The van der Waals surface area contributed by atoms with Crippen LogP contribution < -0.4 is 25.0 Å². The number of rotatable bonds is 4. The maximum absolute atomic E-state index is 13.3. The highest BCUT2D eigenvalue weighted by atomic mass is 19.4. The third-order valence-corrected chi connectivity index (χ3v) is 7.33. The van der Waals surface area contributed by atoms with Crippen LogP contribution in [0.5, 0.6) is 11.8 Å². The van der Waals surface area contributed by atoms with Crippen molar-refractivity contribution in [1.82, 2.24) is 25.2 Å². The number of pyridine rings is 1. The normalized spacial score (nSPS) is 15.8. The molecule has 0 saturated carbocycles. The average Bonchev–Trinajstić information content (AvgIpc) is 3.10. The quantitative estimate of drug-likeness (QED) is 0.298. The lowest BCUT2D eigenvalue weighted by molar-refractivity contribution is -0.154. The van der Waals surface area contributed by atoms with Gasteiger partial charge in [-0.05, 0) is 41.7 Å². The Kier molecular flexibility index (Phi) is 12.7. The SMILES string of the molecule is COC(=O)CN1CCCOc2ccc(cc2)CNc2cc(nc(OCC(F)(F)F)n2)N(C(=O)C(=O)OC)c2ccc(cn2)C(=O)NCC(C)(C)C1. The molecular formula is C33H38F3N7O8. The van der Waals surface area contributed by atoms with Crippen LogP contribution in [0.3, 0.4) is 0 Å². The van der Waals surface area contributed by atoms with Crippen molar-refractivity contribution in [3.05, 3.63) is 59.8 Å². The first-order valence-corrected chi connectivity index (χ1v) is 15.7. The second kappa shape index (κ2) is 16.9. The summed E-state index contributed by atoms with van der Waals surface area (Å²) in [4.78, 5) is 65.8. The molecule has 0 fully saturated rings. The van der Waals surface area contributed by atoms with E-state index in [1.807, 2.05) is 18.7 Å². The number of ether oxygens (including phenoxy) is 4. The lowest BCUT2D eigenvalue weighted by Gasteiger charge is -2.32. The van der Waals surface area contributed by atoms with E-state index in [0.717, 1.165) is 18.9 Å². The summed E-state index contributed by atoms with van der Waals surface area (Å²) in [6, 6.07) is 10.1. The third-order valence-electron chi connectivity index (χ3n) is 7.33. The molecule has 3 aromatic rings. The molecule has 0 atom stereocenters. The van der Waals surface area contributed by atoms with Gasteiger partial charge in [-0.2, -0.15) is 23.1 Å². The van der Waals surface area contributed by atoms with Crippen molar-refractivity contribution >= 4 is 41.2 Å². The van der Waals surface area contributed by atoms with E-state index in [1.165, 1.54) is 25.3 Å². The molecule has 2 amide bonds. The van der Waals surface area contributed by atoms with Crippen molar-refractivity contribution in [2.45, 2.75) is 33.0 Å². The van der Waals surface area contributed by atoms with E-state index in [1.54, 1.807) is 24.3 Å². The largest absolute Gasteiger partial charge is 0.494 e. The van der Waals surface area contributed by atoms with E-state index >= 15 is 0 Å². The summed E-state index contributed by atoms with van der Waals surface area (Å²) in [5, 5.41) is 5.81. The molecule has 7 rings (SSSR count).